The molecule has 4 aromatic rings. The summed E-state index contributed by atoms with van der Waals surface area (Å²) in [5.74, 6) is -0.612. The van der Waals surface area contributed by atoms with Crippen LogP contribution in [0, 0.1) is 0 Å². The number of benzene rings is 4. The summed E-state index contributed by atoms with van der Waals surface area (Å²) in [7, 11) is 0. The van der Waals surface area contributed by atoms with Gasteiger partial charge in [0.15, 0.2) is 12.0 Å². The van der Waals surface area contributed by atoms with Crippen molar-refractivity contribution >= 4 is 41.8 Å². The van der Waals surface area contributed by atoms with Gasteiger partial charge >= 0.3 is 5.97 Å². The van der Waals surface area contributed by atoms with Gasteiger partial charge in [0.2, 0.25) is 6.40 Å². The molecule has 0 saturated heterocycles. The van der Waals surface area contributed by atoms with Crippen LogP contribution in [0.25, 0.3) is 6.08 Å². The van der Waals surface area contributed by atoms with Crippen LogP contribution >= 0.6 is 0 Å². The Morgan fingerprint density at radius 2 is 1.20 bits per heavy atom. The van der Waals surface area contributed by atoms with Gasteiger partial charge < -0.3 is 14.5 Å². The second kappa shape index (κ2) is 11.8. The first-order valence-corrected chi connectivity index (χ1v) is 10.9. The van der Waals surface area contributed by atoms with Crippen molar-refractivity contribution in [2.75, 3.05) is 4.90 Å². The molecule has 0 heterocycles. The van der Waals surface area contributed by atoms with E-state index in [0.29, 0.717) is 11.8 Å². The molecule has 0 radical (unpaired) electrons. The Balaban J connectivity index is 1.46. The lowest BCUT2D eigenvalue weighted by Crippen LogP contribution is -2.09. The molecule has 4 aromatic carbocycles. The third-order valence-corrected chi connectivity index (χ3v) is 4.98. The lowest BCUT2D eigenvalue weighted by atomic mass is 10.1. The van der Waals surface area contributed by atoms with Crippen molar-refractivity contribution in [1.29, 1.82) is 0 Å². The van der Waals surface area contributed by atoms with Crippen molar-refractivity contribution in [1.82, 2.24) is 0 Å². The molecule has 0 aromatic heterocycles. The minimum Gasteiger partial charge on any atom is -0.439 e. The van der Waals surface area contributed by atoms with Crippen LogP contribution in [0.4, 0.5) is 17.1 Å². The molecule has 0 aliphatic carbocycles. The summed E-state index contributed by atoms with van der Waals surface area (Å²) >= 11 is 0. The molecule has 0 saturated carbocycles. The molecule has 0 aliphatic heterocycles. The zero-order valence-electron chi connectivity index (χ0n) is 18.7. The van der Waals surface area contributed by atoms with E-state index in [-0.39, 0.29) is 5.76 Å². The number of rotatable bonds is 9. The van der Waals surface area contributed by atoms with E-state index < -0.39 is 5.97 Å². The number of allylic oxidation sites excluding steroid dienone is 1. The fourth-order valence-electron chi connectivity index (χ4n) is 3.36. The number of para-hydroxylation sites is 2. The molecular weight excluding hydrogens is 440 g/mol. The van der Waals surface area contributed by atoms with E-state index in [2.05, 4.69) is 10.1 Å². The smallest absolute Gasteiger partial charge is 0.365 e. The number of aldehydes is 1. The van der Waals surface area contributed by atoms with Gasteiger partial charge in [-0.3, -0.25) is 4.79 Å². The van der Waals surface area contributed by atoms with Gasteiger partial charge in [-0.1, -0.05) is 66.7 Å². The third-order valence-electron chi connectivity index (χ3n) is 4.98. The molecule has 0 fully saturated rings. The van der Waals surface area contributed by atoms with Crippen LogP contribution in [0.1, 0.15) is 15.9 Å². The van der Waals surface area contributed by atoms with Crippen molar-refractivity contribution in [3.8, 4) is 0 Å². The van der Waals surface area contributed by atoms with E-state index in [1.54, 1.807) is 36.4 Å². The summed E-state index contributed by atoms with van der Waals surface area (Å²) in [6.07, 6.45) is 3.03. The molecule has 172 valence electrons. The van der Waals surface area contributed by atoms with Gasteiger partial charge in [-0.05, 0) is 65.3 Å². The van der Waals surface area contributed by atoms with Gasteiger partial charge in [-0.2, -0.15) is 0 Å². The molecule has 0 N–H and O–H groups in total. The average molecular weight is 463 g/mol. The maximum Gasteiger partial charge on any atom is 0.365 e. The Morgan fingerprint density at radius 1 is 0.686 bits per heavy atom. The van der Waals surface area contributed by atoms with Crippen molar-refractivity contribution in [3.63, 3.8) is 0 Å². The number of anilines is 3. The Hall–Kier alpha value is -4.97. The van der Waals surface area contributed by atoms with Gasteiger partial charge in [0.1, 0.15) is 0 Å². The third kappa shape index (κ3) is 6.30. The molecule has 0 unspecified atom stereocenters. The standard InChI is InChI=1S/C29H22N2O4/c32-21-28(34-22-30-35-29(33)24-10-4-1-5-11-24)20-23-16-18-27(19-17-23)31(25-12-6-2-7-13-25)26-14-8-3-9-15-26/h1-22H/b28-20+,30-22-. The van der Waals surface area contributed by atoms with E-state index in [0.717, 1.165) is 29.0 Å². The van der Waals surface area contributed by atoms with Crippen molar-refractivity contribution in [3.05, 3.63) is 132 Å². The lowest BCUT2D eigenvalue weighted by Gasteiger charge is -2.25. The fraction of sp³-hybridized carbons (Fsp3) is 0. The zero-order chi connectivity index (χ0) is 24.3. The molecule has 0 amide bonds. The molecule has 4 rings (SSSR count). The Morgan fingerprint density at radius 3 is 1.74 bits per heavy atom. The minimum atomic E-state index is -0.626. The topological polar surface area (TPSA) is 68.2 Å². The summed E-state index contributed by atoms with van der Waals surface area (Å²) in [6.45, 7) is 0. The lowest BCUT2D eigenvalue weighted by molar-refractivity contribution is -0.106. The number of nitrogens with zero attached hydrogens (tertiary/aromatic N) is 2. The number of hydrogen-bond donors (Lipinski definition) is 0. The molecule has 35 heavy (non-hydrogen) atoms. The predicted molar refractivity (Wildman–Crippen MR) is 137 cm³/mol. The van der Waals surface area contributed by atoms with Gasteiger partial charge in [-0.25, -0.2) is 4.79 Å². The highest BCUT2D eigenvalue weighted by molar-refractivity contribution is 5.89. The Labute approximate surface area is 203 Å². The van der Waals surface area contributed by atoms with Crippen LogP contribution in [-0.4, -0.2) is 18.7 Å². The summed E-state index contributed by atoms with van der Waals surface area (Å²) in [5, 5.41) is 3.48. The minimum absolute atomic E-state index is 0.0141. The first-order valence-electron chi connectivity index (χ1n) is 10.9. The predicted octanol–water partition coefficient (Wildman–Crippen LogP) is 6.51. The monoisotopic (exact) mass is 462 g/mol. The highest BCUT2D eigenvalue weighted by Crippen LogP contribution is 2.34. The number of oxime groups is 1. The van der Waals surface area contributed by atoms with Crippen molar-refractivity contribution in [2.45, 2.75) is 0 Å². The van der Waals surface area contributed by atoms with Gasteiger partial charge in [-0.15, -0.1) is 0 Å². The Bertz CT molecular complexity index is 1260. The second-order valence-corrected chi connectivity index (χ2v) is 7.34. The maximum atomic E-state index is 11.9. The van der Waals surface area contributed by atoms with Crippen LogP contribution in [0.5, 0.6) is 0 Å². The van der Waals surface area contributed by atoms with Crippen LogP contribution in [0.2, 0.25) is 0 Å². The SMILES string of the molecule is O=C/C(=C\c1ccc(N(c2ccccc2)c2ccccc2)cc1)O/C=N\OC(=O)c1ccccc1. The molecule has 0 bridgehead atoms. The first-order chi connectivity index (χ1) is 17.2. The van der Waals surface area contributed by atoms with Crippen LogP contribution in [-0.2, 0) is 14.4 Å². The van der Waals surface area contributed by atoms with Crippen LogP contribution in [0.15, 0.2) is 126 Å². The highest BCUT2D eigenvalue weighted by Gasteiger charge is 2.11. The van der Waals surface area contributed by atoms with Gasteiger partial charge in [0, 0.05) is 17.1 Å². The van der Waals surface area contributed by atoms with Gasteiger partial charge in [0.05, 0.1) is 5.56 Å². The number of hydrogen-bond acceptors (Lipinski definition) is 6. The summed E-state index contributed by atoms with van der Waals surface area (Å²) in [6, 6.07) is 36.2. The normalized spacial score (nSPS) is 11.1. The van der Waals surface area contributed by atoms with Crippen molar-refractivity contribution in [2.24, 2.45) is 5.16 Å². The highest BCUT2D eigenvalue weighted by atomic mass is 16.7. The molecule has 0 aliphatic rings. The molecular formula is C29H22N2O4. The fourth-order valence-corrected chi connectivity index (χ4v) is 3.36. The number of ether oxygens (including phenoxy) is 1. The summed E-state index contributed by atoms with van der Waals surface area (Å²) in [5.41, 5.74) is 4.13. The Kier molecular flexibility index (Phi) is 7.80. The molecule has 6 nitrogen and oxygen atoms in total. The molecule has 0 spiro atoms. The molecule has 0 atom stereocenters. The average Bonchev–Trinajstić information content (AvgIpc) is 2.93. The molecule has 6 heteroatoms. The zero-order valence-corrected chi connectivity index (χ0v) is 18.7. The van der Waals surface area contributed by atoms with E-state index in [1.165, 1.54) is 0 Å². The largest absolute Gasteiger partial charge is 0.439 e. The first kappa shape index (κ1) is 23.2. The number of carbonyl (C=O) groups is 2. The van der Waals surface area contributed by atoms with E-state index in [1.807, 2.05) is 84.9 Å². The van der Waals surface area contributed by atoms with E-state index in [9.17, 15) is 9.59 Å². The second-order valence-electron chi connectivity index (χ2n) is 7.34. The quantitative estimate of drug-likeness (QED) is 0.0539. The van der Waals surface area contributed by atoms with Crippen LogP contribution < -0.4 is 4.90 Å². The number of carbonyl (C=O) groups excluding carboxylic acids is 2. The van der Waals surface area contributed by atoms with Crippen molar-refractivity contribution < 1.29 is 19.2 Å². The van der Waals surface area contributed by atoms with Gasteiger partial charge in [0.25, 0.3) is 0 Å². The summed E-state index contributed by atoms with van der Waals surface area (Å²) < 4.78 is 5.21. The van der Waals surface area contributed by atoms with E-state index >= 15 is 0 Å². The van der Waals surface area contributed by atoms with Crippen LogP contribution in [0.3, 0.4) is 0 Å². The van der Waals surface area contributed by atoms with E-state index in [4.69, 9.17) is 9.57 Å². The maximum absolute atomic E-state index is 11.9. The summed E-state index contributed by atoms with van der Waals surface area (Å²) in [4.78, 5) is 30.2.